The summed E-state index contributed by atoms with van der Waals surface area (Å²) in [6.45, 7) is 4.81. The molecule has 0 fully saturated rings. The largest absolute Gasteiger partial charge is 0.313 e. The normalized spacial score (nSPS) is 12.7. The van der Waals surface area contributed by atoms with E-state index in [0.717, 1.165) is 26.9 Å². The van der Waals surface area contributed by atoms with Crippen molar-refractivity contribution in [3.63, 3.8) is 0 Å². The molecule has 0 aliphatic carbocycles. The van der Waals surface area contributed by atoms with Crippen LogP contribution in [0.1, 0.15) is 29.9 Å². The predicted molar refractivity (Wildman–Crippen MR) is 89.9 cm³/mol. The first-order chi connectivity index (χ1) is 9.97. The van der Waals surface area contributed by atoms with Crippen LogP contribution in [0.2, 0.25) is 0 Å². The van der Waals surface area contributed by atoms with Gasteiger partial charge in [-0.15, -0.1) is 0 Å². The molecule has 1 unspecified atom stereocenters. The Hall–Kier alpha value is -0.720. The van der Waals surface area contributed by atoms with Crippen LogP contribution >= 0.6 is 31.9 Å². The monoisotopic (exact) mass is 417 g/mol. The minimum Gasteiger partial charge on any atom is -0.313 e. The van der Waals surface area contributed by atoms with Gasteiger partial charge in [0.2, 0.25) is 0 Å². The summed E-state index contributed by atoms with van der Waals surface area (Å²) in [6.07, 6.45) is 0.671. The summed E-state index contributed by atoms with van der Waals surface area (Å²) >= 11 is 6.88. The van der Waals surface area contributed by atoms with E-state index in [1.807, 2.05) is 30.8 Å². The summed E-state index contributed by atoms with van der Waals surface area (Å²) in [7, 11) is 1.85. The van der Waals surface area contributed by atoms with Gasteiger partial charge in [0.15, 0.2) is 0 Å². The molecule has 0 saturated carbocycles. The van der Waals surface area contributed by atoms with E-state index in [1.165, 1.54) is 6.07 Å². The number of hydrogen-bond acceptors (Lipinski definition) is 2. The quantitative estimate of drug-likeness (QED) is 0.780. The van der Waals surface area contributed by atoms with Crippen molar-refractivity contribution >= 4 is 31.9 Å². The molecule has 1 aromatic carbocycles. The summed E-state index contributed by atoms with van der Waals surface area (Å²) in [5.74, 6) is -0.209. The van der Waals surface area contributed by atoms with Crippen LogP contribution < -0.4 is 5.32 Å². The topological polar surface area (TPSA) is 29.9 Å². The van der Waals surface area contributed by atoms with Crippen LogP contribution in [0.25, 0.3) is 0 Å². The molecule has 3 nitrogen and oxygen atoms in total. The minimum atomic E-state index is -0.209. The van der Waals surface area contributed by atoms with E-state index < -0.39 is 0 Å². The van der Waals surface area contributed by atoms with Crippen LogP contribution in [0, 0.1) is 12.7 Å². The van der Waals surface area contributed by atoms with Gasteiger partial charge in [0, 0.05) is 29.0 Å². The fourth-order valence-corrected chi connectivity index (χ4v) is 3.19. The lowest BCUT2D eigenvalue weighted by Crippen LogP contribution is -2.22. The maximum Gasteiger partial charge on any atom is 0.129 e. The molecule has 2 aromatic rings. The van der Waals surface area contributed by atoms with Crippen molar-refractivity contribution in [2.75, 3.05) is 7.05 Å². The van der Waals surface area contributed by atoms with Crippen molar-refractivity contribution in [3.8, 4) is 0 Å². The number of hydrogen-bond donors (Lipinski definition) is 1. The molecular formula is C15H18Br2FN3. The van der Waals surface area contributed by atoms with Crippen LogP contribution in [-0.4, -0.2) is 16.8 Å². The van der Waals surface area contributed by atoms with E-state index >= 15 is 0 Å². The molecule has 0 radical (unpaired) electrons. The van der Waals surface area contributed by atoms with Gasteiger partial charge < -0.3 is 5.32 Å². The summed E-state index contributed by atoms with van der Waals surface area (Å²) in [5.41, 5.74) is 2.70. The van der Waals surface area contributed by atoms with Gasteiger partial charge in [-0.2, -0.15) is 5.10 Å². The van der Waals surface area contributed by atoms with Crippen LogP contribution in [0.15, 0.2) is 27.1 Å². The smallest absolute Gasteiger partial charge is 0.129 e. The number of likely N-dealkylation sites (N-methyl/N-ethyl adjacent to an activating group) is 1. The fraction of sp³-hybridized carbons (Fsp3) is 0.400. The zero-order valence-corrected chi connectivity index (χ0v) is 15.4. The minimum absolute atomic E-state index is 0.101. The molecule has 21 heavy (non-hydrogen) atoms. The first kappa shape index (κ1) is 16.6. The van der Waals surface area contributed by atoms with Crippen LogP contribution in [0.3, 0.4) is 0 Å². The molecule has 0 saturated heterocycles. The molecule has 1 aromatic heterocycles. The molecule has 0 aliphatic heterocycles. The third kappa shape index (κ3) is 3.55. The van der Waals surface area contributed by atoms with Crippen LogP contribution in [-0.2, 0) is 13.0 Å². The highest BCUT2D eigenvalue weighted by atomic mass is 79.9. The number of aryl methyl sites for hydroxylation is 2. The van der Waals surface area contributed by atoms with E-state index in [-0.39, 0.29) is 11.9 Å². The highest BCUT2D eigenvalue weighted by Crippen LogP contribution is 2.28. The Morgan fingerprint density at radius 2 is 2.10 bits per heavy atom. The third-order valence-electron chi connectivity index (χ3n) is 3.54. The van der Waals surface area contributed by atoms with E-state index in [9.17, 15) is 4.39 Å². The average molecular weight is 419 g/mol. The molecular weight excluding hydrogens is 401 g/mol. The lowest BCUT2D eigenvalue weighted by atomic mass is 10.0. The molecule has 2 rings (SSSR count). The Morgan fingerprint density at radius 1 is 1.38 bits per heavy atom. The van der Waals surface area contributed by atoms with E-state index in [0.29, 0.717) is 12.0 Å². The predicted octanol–water partition coefficient (Wildman–Crippen LogP) is 4.38. The second-order valence-corrected chi connectivity index (χ2v) is 6.58. The van der Waals surface area contributed by atoms with Crippen molar-refractivity contribution in [3.05, 3.63) is 49.9 Å². The van der Waals surface area contributed by atoms with E-state index in [4.69, 9.17) is 0 Å². The lowest BCUT2D eigenvalue weighted by Gasteiger charge is -2.18. The highest BCUT2D eigenvalue weighted by molar-refractivity contribution is 9.10. The molecule has 0 amide bonds. The number of halogens is 3. The van der Waals surface area contributed by atoms with Gasteiger partial charge >= 0.3 is 0 Å². The second-order valence-electron chi connectivity index (χ2n) is 4.87. The Morgan fingerprint density at radius 3 is 2.67 bits per heavy atom. The Kier molecular flexibility index (Phi) is 5.57. The zero-order chi connectivity index (χ0) is 15.6. The fourth-order valence-electron chi connectivity index (χ4n) is 2.41. The summed E-state index contributed by atoms with van der Waals surface area (Å²) in [5, 5.41) is 7.68. The van der Waals surface area contributed by atoms with Crippen molar-refractivity contribution in [2.24, 2.45) is 0 Å². The Balaban J connectivity index is 2.35. The molecule has 114 valence electrons. The van der Waals surface area contributed by atoms with Crippen molar-refractivity contribution < 1.29 is 4.39 Å². The van der Waals surface area contributed by atoms with Crippen molar-refractivity contribution in [2.45, 2.75) is 32.9 Å². The molecule has 1 N–H and O–H groups in total. The van der Waals surface area contributed by atoms with Crippen LogP contribution in [0.4, 0.5) is 4.39 Å². The first-order valence-corrected chi connectivity index (χ1v) is 8.40. The number of aromatic nitrogens is 2. The molecule has 0 spiro atoms. The molecule has 0 aliphatic rings. The van der Waals surface area contributed by atoms with Gasteiger partial charge in [-0.05, 0) is 49.0 Å². The van der Waals surface area contributed by atoms with Crippen molar-refractivity contribution in [1.82, 2.24) is 15.1 Å². The lowest BCUT2D eigenvalue weighted by molar-refractivity contribution is 0.509. The van der Waals surface area contributed by atoms with Crippen molar-refractivity contribution in [1.29, 1.82) is 0 Å². The van der Waals surface area contributed by atoms with Gasteiger partial charge in [-0.3, -0.25) is 4.68 Å². The summed E-state index contributed by atoms with van der Waals surface area (Å²) < 4.78 is 17.9. The van der Waals surface area contributed by atoms with Gasteiger partial charge in [0.25, 0.3) is 0 Å². The average Bonchev–Trinajstić information content (AvgIpc) is 2.72. The third-order valence-corrected chi connectivity index (χ3v) is 5.06. The molecule has 1 atom stereocenters. The Bertz CT molecular complexity index is 640. The van der Waals surface area contributed by atoms with Gasteiger partial charge in [0.1, 0.15) is 5.82 Å². The van der Waals surface area contributed by atoms with Gasteiger partial charge in [-0.25, -0.2) is 4.39 Å². The van der Waals surface area contributed by atoms with Gasteiger partial charge in [-0.1, -0.05) is 22.0 Å². The molecule has 6 heteroatoms. The SMILES string of the molecule is CCn1nc(C)c(Br)c1CC(NC)c1ccc(Br)cc1F. The Labute approximate surface area is 141 Å². The number of nitrogens with zero attached hydrogens (tertiary/aromatic N) is 2. The summed E-state index contributed by atoms with van der Waals surface area (Å²) in [6, 6.07) is 5.07. The maximum absolute atomic E-state index is 14.2. The number of rotatable bonds is 5. The standard InChI is InChI=1S/C15H18Br2FN3/c1-4-21-14(15(17)9(2)20-21)8-13(19-3)11-6-5-10(16)7-12(11)18/h5-7,13,19H,4,8H2,1-3H3. The highest BCUT2D eigenvalue weighted by Gasteiger charge is 2.20. The molecule has 1 heterocycles. The second kappa shape index (κ2) is 7.03. The zero-order valence-electron chi connectivity index (χ0n) is 12.3. The summed E-state index contributed by atoms with van der Waals surface area (Å²) in [4.78, 5) is 0. The van der Waals surface area contributed by atoms with Crippen LogP contribution in [0.5, 0.6) is 0 Å². The van der Waals surface area contributed by atoms with Gasteiger partial charge in [0.05, 0.1) is 15.9 Å². The first-order valence-electron chi connectivity index (χ1n) is 6.81. The molecule has 0 bridgehead atoms. The maximum atomic E-state index is 14.2. The number of nitrogens with one attached hydrogen (secondary N) is 1. The van der Waals surface area contributed by atoms with E-state index in [1.54, 1.807) is 0 Å². The number of benzene rings is 1. The van der Waals surface area contributed by atoms with E-state index in [2.05, 4.69) is 49.2 Å².